The number of imide groups is 1. The number of rotatable bonds is 6. The quantitative estimate of drug-likeness (QED) is 0.227. The van der Waals surface area contributed by atoms with Crippen LogP contribution in [0.5, 0.6) is 5.75 Å². The molecule has 4 nitrogen and oxygen atoms in total. The average molecular weight is 606 g/mol. The van der Waals surface area contributed by atoms with Crippen LogP contribution in [0, 0.1) is 3.57 Å². The Morgan fingerprint density at radius 3 is 2.42 bits per heavy atom. The van der Waals surface area contributed by atoms with Crippen molar-refractivity contribution in [2.75, 3.05) is 0 Å². The second-order valence-electron chi connectivity index (χ2n) is 6.86. The number of ether oxygens (including phenoxy) is 1. The van der Waals surface area contributed by atoms with Crippen molar-refractivity contribution in [1.29, 1.82) is 0 Å². The number of thioether (sulfide) groups is 1. The molecular formula is C24H17BrINO3S. The molecule has 2 amide bonds. The van der Waals surface area contributed by atoms with Crippen molar-refractivity contribution in [3.8, 4) is 5.75 Å². The van der Waals surface area contributed by atoms with Crippen LogP contribution in [0.25, 0.3) is 6.08 Å². The Hall–Kier alpha value is -2.10. The second kappa shape index (κ2) is 10.0. The lowest BCUT2D eigenvalue weighted by atomic mass is 10.2. The van der Waals surface area contributed by atoms with Gasteiger partial charge >= 0.3 is 0 Å². The number of carbonyl (C=O) groups is 2. The van der Waals surface area contributed by atoms with Crippen LogP contribution < -0.4 is 4.74 Å². The van der Waals surface area contributed by atoms with Gasteiger partial charge in [-0.2, -0.15) is 0 Å². The topological polar surface area (TPSA) is 46.6 Å². The van der Waals surface area contributed by atoms with Crippen molar-refractivity contribution >= 4 is 67.5 Å². The summed E-state index contributed by atoms with van der Waals surface area (Å²) in [6, 6.07) is 23.3. The van der Waals surface area contributed by atoms with Crippen LogP contribution in [0.1, 0.15) is 16.7 Å². The molecule has 4 rings (SSSR count). The Morgan fingerprint density at radius 2 is 1.71 bits per heavy atom. The standard InChI is InChI=1S/C24H17BrINO3S/c25-19-9-6-16(7-10-19)14-27-23(28)22(31-24(27)29)13-18-8-11-21(20(26)12-18)30-15-17-4-2-1-3-5-17/h1-13H,14-15H2/b22-13-. The summed E-state index contributed by atoms with van der Waals surface area (Å²) in [5, 5.41) is -0.253. The first-order chi connectivity index (χ1) is 15.0. The van der Waals surface area contributed by atoms with Gasteiger partial charge in [0, 0.05) is 4.47 Å². The Bertz CT molecular complexity index is 1150. The maximum absolute atomic E-state index is 12.8. The molecule has 156 valence electrons. The normalized spacial score (nSPS) is 15.0. The molecule has 0 bridgehead atoms. The molecule has 0 saturated carbocycles. The lowest BCUT2D eigenvalue weighted by Gasteiger charge is -2.12. The van der Waals surface area contributed by atoms with Crippen molar-refractivity contribution in [1.82, 2.24) is 4.90 Å². The van der Waals surface area contributed by atoms with Crippen molar-refractivity contribution < 1.29 is 14.3 Å². The first-order valence-electron chi connectivity index (χ1n) is 9.46. The smallest absolute Gasteiger partial charge is 0.293 e. The van der Waals surface area contributed by atoms with Gasteiger partial charge in [0.2, 0.25) is 0 Å². The SMILES string of the molecule is O=C1S/C(=C\c2ccc(OCc3ccccc3)c(I)c2)C(=O)N1Cc1ccc(Br)cc1. The maximum Gasteiger partial charge on any atom is 0.293 e. The van der Waals surface area contributed by atoms with Gasteiger partial charge in [0.25, 0.3) is 11.1 Å². The third kappa shape index (κ3) is 5.58. The Balaban J connectivity index is 1.45. The first kappa shape index (κ1) is 22.1. The van der Waals surface area contributed by atoms with Gasteiger partial charge in [-0.3, -0.25) is 14.5 Å². The molecule has 0 spiro atoms. The zero-order valence-corrected chi connectivity index (χ0v) is 20.8. The van der Waals surface area contributed by atoms with E-state index >= 15 is 0 Å². The molecule has 1 saturated heterocycles. The van der Waals surface area contributed by atoms with Crippen LogP contribution >= 0.6 is 50.3 Å². The van der Waals surface area contributed by atoms with E-state index in [1.54, 1.807) is 6.08 Å². The van der Waals surface area contributed by atoms with Gasteiger partial charge in [-0.05, 0) is 81.4 Å². The molecule has 1 fully saturated rings. The third-order valence-electron chi connectivity index (χ3n) is 4.62. The highest BCUT2D eigenvalue weighted by Gasteiger charge is 2.34. The van der Waals surface area contributed by atoms with Crippen molar-refractivity contribution in [3.05, 3.63) is 102 Å². The van der Waals surface area contributed by atoms with Gasteiger partial charge in [0.1, 0.15) is 12.4 Å². The molecule has 3 aromatic rings. The molecule has 0 unspecified atom stereocenters. The molecular weight excluding hydrogens is 589 g/mol. The predicted octanol–water partition coefficient (Wildman–Crippen LogP) is 6.87. The van der Waals surface area contributed by atoms with Crippen molar-refractivity contribution in [3.63, 3.8) is 0 Å². The largest absolute Gasteiger partial charge is 0.488 e. The van der Waals surface area contributed by atoms with E-state index in [0.29, 0.717) is 11.5 Å². The fraction of sp³-hybridized carbons (Fsp3) is 0.0833. The summed E-state index contributed by atoms with van der Waals surface area (Å²) >= 11 is 6.58. The highest BCUT2D eigenvalue weighted by Crippen LogP contribution is 2.34. The van der Waals surface area contributed by atoms with Crippen LogP contribution in [0.15, 0.2) is 82.2 Å². The monoisotopic (exact) mass is 605 g/mol. The number of carbonyl (C=O) groups excluding carboxylic acids is 2. The molecule has 1 heterocycles. The average Bonchev–Trinajstić information content (AvgIpc) is 3.03. The molecule has 0 radical (unpaired) electrons. The van der Waals surface area contributed by atoms with Crippen molar-refractivity contribution in [2.45, 2.75) is 13.2 Å². The molecule has 0 aliphatic carbocycles. The Kier molecular flexibility index (Phi) is 7.14. The molecule has 3 aromatic carbocycles. The van der Waals surface area contributed by atoms with E-state index in [2.05, 4.69) is 38.5 Å². The minimum Gasteiger partial charge on any atom is -0.488 e. The van der Waals surface area contributed by atoms with Crippen LogP contribution in [0.2, 0.25) is 0 Å². The summed E-state index contributed by atoms with van der Waals surface area (Å²) < 4.78 is 7.81. The number of hydrogen-bond acceptors (Lipinski definition) is 4. The number of nitrogens with zero attached hydrogens (tertiary/aromatic N) is 1. The van der Waals surface area contributed by atoms with Gasteiger partial charge in [-0.1, -0.05) is 64.5 Å². The van der Waals surface area contributed by atoms with Crippen LogP contribution in [-0.4, -0.2) is 16.0 Å². The van der Waals surface area contributed by atoms with E-state index < -0.39 is 0 Å². The lowest BCUT2D eigenvalue weighted by molar-refractivity contribution is -0.123. The Morgan fingerprint density at radius 1 is 0.968 bits per heavy atom. The second-order valence-corrected chi connectivity index (χ2v) is 9.93. The number of halogens is 2. The van der Waals surface area contributed by atoms with Crippen LogP contribution in [0.3, 0.4) is 0 Å². The van der Waals surface area contributed by atoms with E-state index in [1.807, 2.05) is 72.8 Å². The highest BCUT2D eigenvalue weighted by molar-refractivity contribution is 14.1. The Labute approximate surface area is 206 Å². The zero-order chi connectivity index (χ0) is 21.8. The molecule has 31 heavy (non-hydrogen) atoms. The minimum absolute atomic E-state index is 0.253. The van der Waals surface area contributed by atoms with Crippen molar-refractivity contribution in [2.24, 2.45) is 0 Å². The summed E-state index contributed by atoms with van der Waals surface area (Å²) in [6.45, 7) is 0.754. The van der Waals surface area contributed by atoms with Crippen LogP contribution in [-0.2, 0) is 17.9 Å². The summed E-state index contributed by atoms with van der Waals surface area (Å²) in [6.07, 6.45) is 1.76. The van der Waals surface area contributed by atoms with E-state index in [4.69, 9.17) is 4.74 Å². The summed E-state index contributed by atoms with van der Waals surface area (Å²) in [5.74, 6) is 0.516. The molecule has 7 heteroatoms. The predicted molar refractivity (Wildman–Crippen MR) is 136 cm³/mol. The van der Waals surface area contributed by atoms with E-state index in [1.165, 1.54) is 4.90 Å². The zero-order valence-electron chi connectivity index (χ0n) is 16.3. The first-order valence-corrected chi connectivity index (χ1v) is 12.1. The number of benzene rings is 3. The highest BCUT2D eigenvalue weighted by atomic mass is 127. The van der Waals surface area contributed by atoms with E-state index in [-0.39, 0.29) is 17.7 Å². The third-order valence-corrected chi connectivity index (χ3v) is 6.90. The van der Waals surface area contributed by atoms with Gasteiger partial charge in [-0.25, -0.2) is 0 Å². The van der Waals surface area contributed by atoms with Gasteiger partial charge in [0.05, 0.1) is 15.0 Å². The van der Waals surface area contributed by atoms with E-state index in [9.17, 15) is 9.59 Å². The minimum atomic E-state index is -0.266. The fourth-order valence-corrected chi connectivity index (χ4v) is 4.82. The number of hydrogen-bond donors (Lipinski definition) is 0. The van der Waals surface area contributed by atoms with E-state index in [0.717, 1.165) is 42.2 Å². The van der Waals surface area contributed by atoms with Gasteiger partial charge in [0.15, 0.2) is 0 Å². The summed E-state index contributed by atoms with van der Waals surface area (Å²) in [4.78, 5) is 26.9. The number of amides is 2. The maximum atomic E-state index is 12.8. The lowest BCUT2D eigenvalue weighted by Crippen LogP contribution is -2.27. The molecule has 1 aliphatic rings. The van der Waals surface area contributed by atoms with Gasteiger partial charge < -0.3 is 4.74 Å². The molecule has 1 aliphatic heterocycles. The van der Waals surface area contributed by atoms with Gasteiger partial charge in [-0.15, -0.1) is 0 Å². The molecule has 0 aromatic heterocycles. The molecule has 0 atom stereocenters. The summed E-state index contributed by atoms with van der Waals surface area (Å²) in [7, 11) is 0. The fourth-order valence-electron chi connectivity index (χ4n) is 3.02. The molecule has 0 N–H and O–H groups in total. The summed E-state index contributed by atoms with van der Waals surface area (Å²) in [5.41, 5.74) is 2.86. The van der Waals surface area contributed by atoms with Crippen LogP contribution in [0.4, 0.5) is 4.79 Å².